The van der Waals surface area contributed by atoms with E-state index in [1.165, 1.54) is 23.3 Å². The van der Waals surface area contributed by atoms with E-state index in [9.17, 15) is 0 Å². The van der Waals surface area contributed by atoms with E-state index in [1.54, 1.807) is 0 Å². The van der Waals surface area contributed by atoms with E-state index in [0.717, 1.165) is 13.0 Å². The number of hydrogen-bond donors (Lipinski definition) is 0. The Labute approximate surface area is 91.8 Å². The highest BCUT2D eigenvalue weighted by Gasteiger charge is 2.25. The molecule has 0 unspecified atom stereocenters. The van der Waals surface area contributed by atoms with Crippen molar-refractivity contribution >= 4 is 5.71 Å². The highest BCUT2D eigenvalue weighted by molar-refractivity contribution is 6.00. The zero-order chi connectivity index (χ0) is 10.7. The van der Waals surface area contributed by atoms with E-state index in [0.29, 0.717) is 0 Å². The van der Waals surface area contributed by atoms with Crippen LogP contribution in [0.5, 0.6) is 0 Å². The Morgan fingerprint density at radius 2 is 1.93 bits per heavy atom. The van der Waals surface area contributed by atoms with Gasteiger partial charge in [0, 0.05) is 12.0 Å². The van der Waals surface area contributed by atoms with Gasteiger partial charge in [-0.05, 0) is 17.7 Å². The largest absolute Gasteiger partial charge is 0.202 e. The van der Waals surface area contributed by atoms with Crippen molar-refractivity contribution in [3.05, 3.63) is 47.7 Å². The molecule has 0 radical (unpaired) electrons. The summed E-state index contributed by atoms with van der Waals surface area (Å²) in [7, 11) is 0. The van der Waals surface area contributed by atoms with Crippen LogP contribution in [0.1, 0.15) is 31.4 Å². The molecule has 0 fully saturated rings. The number of nitrogens with zero attached hydrogens (tertiary/aromatic N) is 1. The average Bonchev–Trinajstić information content (AvgIpc) is 2.80. The van der Waals surface area contributed by atoms with Gasteiger partial charge < -0.3 is 0 Å². The third kappa shape index (κ3) is 1.74. The molecule has 15 heavy (non-hydrogen) atoms. The Kier molecular flexibility index (Phi) is 3.00. The lowest BCUT2D eigenvalue weighted by Gasteiger charge is -2.12. The molecule has 0 amide bonds. The molecule has 0 N–H and O–H groups in total. The number of rotatable bonds is 0. The summed E-state index contributed by atoms with van der Waals surface area (Å²) in [4.78, 5) is 0. The molecule has 1 aromatic rings. The molecule has 2 aliphatic heterocycles. The van der Waals surface area contributed by atoms with Crippen LogP contribution in [0.15, 0.2) is 36.5 Å². The fourth-order valence-corrected chi connectivity index (χ4v) is 2.23. The standard InChI is InChI=1S/C12H12N.C2H6/c1-2-5-11-10(4-1)7-9-13-8-3-6-12(11)13;1-2/h1-5,8H,6-7,9H2;1-2H3/q+1;. The van der Waals surface area contributed by atoms with Crippen molar-refractivity contribution in [2.24, 2.45) is 0 Å². The fourth-order valence-electron chi connectivity index (χ4n) is 2.23. The molecule has 1 aromatic carbocycles. The predicted molar refractivity (Wildman–Crippen MR) is 64.5 cm³/mol. The summed E-state index contributed by atoms with van der Waals surface area (Å²) in [6, 6.07) is 8.76. The molecular weight excluding hydrogens is 182 g/mol. The second-order valence-corrected chi connectivity index (χ2v) is 3.64. The number of allylic oxidation sites excluding steroid dienone is 1. The lowest BCUT2D eigenvalue weighted by atomic mass is 9.96. The second kappa shape index (κ2) is 4.43. The van der Waals surface area contributed by atoms with Crippen molar-refractivity contribution in [2.75, 3.05) is 6.54 Å². The minimum absolute atomic E-state index is 1.11. The van der Waals surface area contributed by atoms with Gasteiger partial charge in [-0.2, -0.15) is 0 Å². The van der Waals surface area contributed by atoms with Crippen molar-refractivity contribution in [2.45, 2.75) is 26.7 Å². The molecule has 1 nitrogen and oxygen atoms in total. The first-order valence-electron chi connectivity index (χ1n) is 5.82. The van der Waals surface area contributed by atoms with E-state index in [-0.39, 0.29) is 0 Å². The van der Waals surface area contributed by atoms with Gasteiger partial charge in [-0.25, -0.2) is 4.58 Å². The summed E-state index contributed by atoms with van der Waals surface area (Å²) < 4.78 is 2.38. The zero-order valence-electron chi connectivity index (χ0n) is 9.53. The van der Waals surface area contributed by atoms with Crippen LogP contribution < -0.4 is 0 Å². The van der Waals surface area contributed by atoms with Crippen LogP contribution in [0.4, 0.5) is 0 Å². The van der Waals surface area contributed by atoms with Gasteiger partial charge in [0.2, 0.25) is 0 Å². The lowest BCUT2D eigenvalue weighted by molar-refractivity contribution is -0.454. The number of benzene rings is 1. The van der Waals surface area contributed by atoms with Crippen molar-refractivity contribution in [3.63, 3.8) is 0 Å². The van der Waals surface area contributed by atoms with Gasteiger partial charge in [-0.3, -0.25) is 0 Å². The van der Waals surface area contributed by atoms with Crippen LogP contribution in [0.3, 0.4) is 0 Å². The van der Waals surface area contributed by atoms with Gasteiger partial charge in [0.1, 0.15) is 0 Å². The first kappa shape index (κ1) is 10.2. The van der Waals surface area contributed by atoms with Crippen LogP contribution in [-0.4, -0.2) is 16.8 Å². The fraction of sp³-hybridized carbons (Fsp3) is 0.357. The summed E-state index contributed by atoms with van der Waals surface area (Å²) >= 11 is 0. The highest BCUT2D eigenvalue weighted by Crippen LogP contribution is 2.20. The third-order valence-electron chi connectivity index (χ3n) is 2.89. The molecule has 0 bridgehead atoms. The molecule has 0 saturated carbocycles. The Bertz CT molecular complexity index is 413. The van der Waals surface area contributed by atoms with E-state index < -0.39 is 0 Å². The maximum atomic E-state index is 2.38. The quantitative estimate of drug-likeness (QED) is 0.566. The van der Waals surface area contributed by atoms with Crippen LogP contribution in [-0.2, 0) is 6.42 Å². The van der Waals surface area contributed by atoms with Crippen LogP contribution >= 0.6 is 0 Å². The van der Waals surface area contributed by atoms with Gasteiger partial charge in [0.25, 0.3) is 0 Å². The smallest absolute Gasteiger partial charge is 0.192 e. The minimum atomic E-state index is 1.11. The molecule has 2 heterocycles. The summed E-state index contributed by atoms with van der Waals surface area (Å²) in [6.07, 6.45) is 6.75. The van der Waals surface area contributed by atoms with Crippen LogP contribution in [0, 0.1) is 0 Å². The molecule has 2 aliphatic rings. The molecule has 1 heteroatoms. The lowest BCUT2D eigenvalue weighted by Crippen LogP contribution is -2.23. The first-order chi connectivity index (χ1) is 7.45. The summed E-state index contributed by atoms with van der Waals surface area (Å²) in [5, 5.41) is 0. The summed E-state index contributed by atoms with van der Waals surface area (Å²) in [5.74, 6) is 0. The molecule has 3 rings (SSSR count). The Morgan fingerprint density at radius 1 is 1.13 bits per heavy atom. The SMILES string of the molecule is C1=C[N+]2=C(C1)c1ccccc1CC2.CC. The molecule has 0 aliphatic carbocycles. The zero-order valence-corrected chi connectivity index (χ0v) is 9.53. The van der Waals surface area contributed by atoms with E-state index in [1.807, 2.05) is 13.8 Å². The van der Waals surface area contributed by atoms with Crippen molar-refractivity contribution in [1.29, 1.82) is 0 Å². The van der Waals surface area contributed by atoms with Gasteiger partial charge in [0.05, 0.1) is 6.42 Å². The number of fused-ring (bicyclic) bond motifs is 2. The second-order valence-electron chi connectivity index (χ2n) is 3.64. The minimum Gasteiger partial charge on any atom is -0.202 e. The highest BCUT2D eigenvalue weighted by atomic mass is 15.0. The molecule has 0 saturated heterocycles. The van der Waals surface area contributed by atoms with Crippen molar-refractivity contribution < 1.29 is 4.58 Å². The van der Waals surface area contributed by atoms with Gasteiger partial charge in [-0.15, -0.1) is 0 Å². The molecule has 0 aromatic heterocycles. The Morgan fingerprint density at radius 3 is 2.80 bits per heavy atom. The van der Waals surface area contributed by atoms with Crippen molar-refractivity contribution in [3.8, 4) is 0 Å². The maximum Gasteiger partial charge on any atom is 0.192 e. The molecule has 0 spiro atoms. The van der Waals surface area contributed by atoms with Crippen molar-refractivity contribution in [1.82, 2.24) is 0 Å². The van der Waals surface area contributed by atoms with E-state index in [2.05, 4.69) is 41.1 Å². The Balaban J connectivity index is 0.000000404. The average molecular weight is 200 g/mol. The van der Waals surface area contributed by atoms with Gasteiger partial charge >= 0.3 is 0 Å². The van der Waals surface area contributed by atoms with E-state index >= 15 is 0 Å². The third-order valence-corrected chi connectivity index (χ3v) is 2.89. The van der Waals surface area contributed by atoms with Crippen LogP contribution in [0.25, 0.3) is 0 Å². The summed E-state index contributed by atoms with van der Waals surface area (Å²) in [5.41, 5.74) is 4.46. The first-order valence-corrected chi connectivity index (χ1v) is 5.82. The van der Waals surface area contributed by atoms with Gasteiger partial charge in [-0.1, -0.05) is 32.0 Å². The molecular formula is C14H18N+. The maximum absolute atomic E-state index is 2.38. The topological polar surface area (TPSA) is 3.01 Å². The molecule has 0 atom stereocenters. The van der Waals surface area contributed by atoms with Gasteiger partial charge in [0.15, 0.2) is 18.5 Å². The molecule has 78 valence electrons. The summed E-state index contributed by atoms with van der Waals surface area (Å²) in [6.45, 7) is 5.16. The predicted octanol–water partition coefficient (Wildman–Crippen LogP) is 2.99. The monoisotopic (exact) mass is 200 g/mol. The van der Waals surface area contributed by atoms with Crippen LogP contribution in [0.2, 0.25) is 0 Å². The van der Waals surface area contributed by atoms with E-state index in [4.69, 9.17) is 0 Å². The normalized spacial score (nSPS) is 16.7. The Hall–Kier alpha value is -1.37. The number of hydrogen-bond acceptors (Lipinski definition) is 0.